The maximum absolute atomic E-state index is 13.7. The smallest absolute Gasteiger partial charge is 0.417 e. The Kier molecular flexibility index (Phi) is 10.0. The van der Waals surface area contributed by atoms with Crippen molar-refractivity contribution in [1.82, 2.24) is 9.62 Å². The Bertz CT molecular complexity index is 2010. The molecular weight excluding hydrogens is 714 g/mol. The highest BCUT2D eigenvalue weighted by atomic mass is 32.2. The zero-order chi connectivity index (χ0) is 35.9. The molecule has 5 N–H and O–H groups in total. The number of alkyl halides is 3. The molecule has 1 fully saturated rings. The molecule has 0 spiro atoms. The van der Waals surface area contributed by atoms with Crippen molar-refractivity contribution in [2.24, 2.45) is 11.1 Å². The Morgan fingerprint density at radius 3 is 2.43 bits per heavy atom. The Morgan fingerprint density at radius 1 is 1.10 bits per heavy atom. The van der Waals surface area contributed by atoms with Gasteiger partial charge in [-0.3, -0.25) is 9.59 Å². The van der Waals surface area contributed by atoms with Crippen LogP contribution in [-0.4, -0.2) is 68.3 Å². The number of benzene rings is 3. The van der Waals surface area contributed by atoms with Crippen molar-refractivity contribution in [2.45, 2.75) is 47.6 Å². The van der Waals surface area contributed by atoms with Crippen LogP contribution < -0.4 is 19.9 Å². The second kappa shape index (κ2) is 13.6. The first-order chi connectivity index (χ1) is 22.8. The van der Waals surface area contributed by atoms with Crippen LogP contribution in [0.1, 0.15) is 41.0 Å². The highest BCUT2D eigenvalue weighted by Crippen LogP contribution is 2.41. The Morgan fingerprint density at radius 2 is 1.80 bits per heavy atom. The van der Waals surface area contributed by atoms with Crippen LogP contribution in [0.5, 0.6) is 5.75 Å². The lowest BCUT2D eigenvalue weighted by Crippen LogP contribution is -2.43. The molecule has 0 bridgehead atoms. The number of carbonyl (C=O) groups excluding carboxylic acids is 2. The Hall–Kier alpha value is -4.17. The van der Waals surface area contributed by atoms with Gasteiger partial charge in [-0.1, -0.05) is 61.2 Å². The molecule has 4 atom stereocenters. The van der Waals surface area contributed by atoms with Gasteiger partial charge in [-0.25, -0.2) is 26.8 Å². The number of amides is 1. The number of sulfonamides is 2. The molecule has 3 unspecified atom stereocenters. The summed E-state index contributed by atoms with van der Waals surface area (Å²) in [7, 11) is -9.52. The van der Waals surface area contributed by atoms with Gasteiger partial charge in [-0.15, -0.1) is 0 Å². The molecule has 0 aliphatic carbocycles. The van der Waals surface area contributed by atoms with Crippen molar-refractivity contribution in [3.8, 4) is 5.75 Å². The number of carbonyl (C=O) groups is 3. The van der Waals surface area contributed by atoms with Crippen LogP contribution in [0, 0.1) is 5.92 Å². The number of fused-ring (bicyclic) bond motifs is 1. The number of carboxylic acids is 1. The van der Waals surface area contributed by atoms with E-state index in [0.717, 1.165) is 11.8 Å². The number of likely N-dealkylation sites (tertiary alicyclic amines) is 1. The van der Waals surface area contributed by atoms with Crippen molar-refractivity contribution < 1.29 is 54.2 Å². The van der Waals surface area contributed by atoms with Crippen LogP contribution in [0.3, 0.4) is 0 Å². The zero-order valence-corrected chi connectivity index (χ0v) is 27.8. The van der Waals surface area contributed by atoms with E-state index >= 15 is 0 Å². The number of carboxylic acid groups (broad SMARTS) is 1. The first-order valence-electron chi connectivity index (χ1n) is 14.4. The summed E-state index contributed by atoms with van der Waals surface area (Å²) in [5.41, 5.74) is -1.53. The molecule has 2 aliphatic rings. The molecule has 1 saturated heterocycles. The highest BCUT2D eigenvalue weighted by molar-refractivity contribution is 8.14. The van der Waals surface area contributed by atoms with E-state index < -0.39 is 83.4 Å². The van der Waals surface area contributed by atoms with E-state index in [2.05, 4.69) is 10.0 Å². The van der Waals surface area contributed by atoms with E-state index in [1.807, 2.05) is 0 Å². The number of aliphatic carboxylic acids is 1. The van der Waals surface area contributed by atoms with Crippen molar-refractivity contribution in [3.63, 3.8) is 0 Å². The van der Waals surface area contributed by atoms with Crippen molar-refractivity contribution in [3.05, 3.63) is 83.4 Å². The number of hydrogen-bond donors (Lipinski definition) is 4. The number of anilines is 1. The van der Waals surface area contributed by atoms with E-state index in [4.69, 9.17) is 9.88 Å². The van der Waals surface area contributed by atoms with Gasteiger partial charge in [-0.05, 0) is 29.8 Å². The number of ether oxygens (including phenoxy) is 1. The first kappa shape index (κ1) is 36.1. The summed E-state index contributed by atoms with van der Waals surface area (Å²) in [4.78, 5) is 36.9. The van der Waals surface area contributed by atoms with Gasteiger partial charge < -0.3 is 20.1 Å². The predicted molar refractivity (Wildman–Crippen MR) is 171 cm³/mol. The van der Waals surface area contributed by atoms with Crippen LogP contribution in [0.15, 0.2) is 76.5 Å². The number of rotatable bonds is 9. The van der Waals surface area contributed by atoms with Crippen molar-refractivity contribution >= 4 is 54.5 Å². The van der Waals surface area contributed by atoms with Crippen molar-refractivity contribution in [2.75, 3.05) is 17.6 Å². The maximum atomic E-state index is 13.7. The molecule has 0 aromatic heterocycles. The van der Waals surface area contributed by atoms with Crippen LogP contribution in [0.25, 0.3) is 0 Å². The molecule has 5 rings (SSSR count). The normalized spacial score (nSPS) is 20.9. The predicted octanol–water partition coefficient (Wildman–Crippen LogP) is 3.40. The zero-order valence-electron chi connectivity index (χ0n) is 25.4. The number of nitrogens with one attached hydrogen (secondary N) is 2. The summed E-state index contributed by atoms with van der Waals surface area (Å²) >= 11 is 0.944. The molecular formula is C30H29F3N4O9S3. The minimum absolute atomic E-state index is 0.0810. The van der Waals surface area contributed by atoms with Gasteiger partial charge in [0.05, 0.1) is 22.7 Å². The molecule has 262 valence electrons. The second-order valence-corrected chi connectivity index (χ2v) is 15.5. The third kappa shape index (κ3) is 8.01. The molecule has 49 heavy (non-hydrogen) atoms. The molecule has 1 amide bonds. The van der Waals surface area contributed by atoms with Crippen LogP contribution >= 0.6 is 11.8 Å². The van der Waals surface area contributed by atoms with Gasteiger partial charge in [0, 0.05) is 23.7 Å². The van der Waals surface area contributed by atoms with Crippen LogP contribution in [0.4, 0.5) is 18.9 Å². The van der Waals surface area contributed by atoms with Gasteiger partial charge in [0.2, 0.25) is 31.1 Å². The summed E-state index contributed by atoms with van der Waals surface area (Å²) in [5.74, 6) is -2.18. The second-order valence-electron chi connectivity index (χ2n) is 11.3. The molecule has 0 saturated carbocycles. The monoisotopic (exact) mass is 742 g/mol. The minimum atomic E-state index is -5.18. The first-order valence-corrected chi connectivity index (χ1v) is 18.5. The average Bonchev–Trinajstić information content (AvgIpc) is 3.46. The highest BCUT2D eigenvalue weighted by Gasteiger charge is 2.43. The fourth-order valence-electron chi connectivity index (χ4n) is 5.44. The lowest BCUT2D eigenvalue weighted by molar-refractivity contribution is -0.149. The molecule has 3 aromatic carbocycles. The lowest BCUT2D eigenvalue weighted by Gasteiger charge is -2.30. The SMILES string of the molecule is CC(CSC(=O)c1ccccc1)C(=O)N1CC(Oc2cccc(C3Nc4cc(C(F)(F)F)c(S(N)(=O)=O)cc4S(=O)(=O)N3)c2)C[C@H]1C(=O)O. The fraction of sp³-hybridized carbons (Fsp3) is 0.300. The topological polar surface area (TPSA) is 202 Å². The lowest BCUT2D eigenvalue weighted by atomic mass is 10.1. The number of nitrogens with zero attached hydrogens (tertiary/aromatic N) is 1. The standard InChI is InChI=1S/C30H29F3N4O9S3/c1-16(15-47-29(41)17-6-3-2-4-7-17)27(38)37-14-20(11-23(37)28(39)40)46-19-9-5-8-18(10-19)26-35-22-12-21(30(31,32)33)24(48(34,42)43)13-25(22)49(44,45)36-26/h2-10,12-13,16,20,23,26,35-36H,11,14-15H2,1H3,(H,39,40)(H2,34,42,43)/t16?,20?,23-,26?/m0/s1. The third-order valence-electron chi connectivity index (χ3n) is 7.78. The maximum Gasteiger partial charge on any atom is 0.417 e. The van der Waals surface area contributed by atoms with Gasteiger partial charge in [0.1, 0.15) is 29.0 Å². The Balaban J connectivity index is 1.31. The Labute approximate surface area is 283 Å². The fourth-order valence-corrected chi connectivity index (χ4v) is 8.44. The molecule has 13 nitrogen and oxygen atoms in total. The summed E-state index contributed by atoms with van der Waals surface area (Å²) < 4.78 is 99.3. The number of nitrogens with two attached hydrogens (primary N) is 1. The van der Waals surface area contributed by atoms with E-state index in [-0.39, 0.29) is 35.1 Å². The van der Waals surface area contributed by atoms with Crippen LogP contribution in [0.2, 0.25) is 0 Å². The number of primary sulfonamides is 1. The van der Waals surface area contributed by atoms with Gasteiger partial charge in [0.25, 0.3) is 0 Å². The van der Waals surface area contributed by atoms with Gasteiger partial charge >= 0.3 is 12.1 Å². The number of hydrogen-bond acceptors (Lipinski definition) is 10. The van der Waals surface area contributed by atoms with E-state index in [1.165, 1.54) is 29.2 Å². The summed E-state index contributed by atoms with van der Waals surface area (Å²) in [5, 5.41) is 17.2. The van der Waals surface area contributed by atoms with Gasteiger partial charge in [0.15, 0.2) is 0 Å². The quantitative estimate of drug-likeness (QED) is 0.250. The average molecular weight is 743 g/mol. The summed E-state index contributed by atoms with van der Waals surface area (Å²) in [6, 6.07) is 13.7. The molecule has 2 aliphatic heterocycles. The van der Waals surface area contributed by atoms with E-state index in [9.17, 15) is 49.5 Å². The minimum Gasteiger partial charge on any atom is -0.488 e. The van der Waals surface area contributed by atoms with E-state index in [1.54, 1.807) is 37.3 Å². The van der Waals surface area contributed by atoms with E-state index in [0.29, 0.717) is 17.7 Å². The van der Waals surface area contributed by atoms with Crippen molar-refractivity contribution in [1.29, 1.82) is 0 Å². The number of thioether (sulfide) groups is 1. The molecule has 3 aromatic rings. The number of halogens is 3. The largest absolute Gasteiger partial charge is 0.488 e. The molecule has 2 heterocycles. The third-order valence-corrected chi connectivity index (χ3v) is 11.4. The summed E-state index contributed by atoms with van der Waals surface area (Å²) in [6.45, 7) is 1.49. The molecule has 19 heteroatoms. The van der Waals surface area contributed by atoms with Gasteiger partial charge in [-0.2, -0.15) is 17.9 Å². The summed E-state index contributed by atoms with van der Waals surface area (Å²) in [6.07, 6.45) is -7.39. The van der Waals surface area contributed by atoms with Crippen LogP contribution in [-0.2, 0) is 35.8 Å². The molecule has 0 radical (unpaired) electrons.